The summed E-state index contributed by atoms with van der Waals surface area (Å²) in [6.45, 7) is 6.94. The molecule has 32 heavy (non-hydrogen) atoms. The molecular formula is C24H33N3O4S. The fourth-order valence-corrected chi connectivity index (χ4v) is 4.88. The highest BCUT2D eigenvalue weighted by atomic mass is 32.2. The van der Waals surface area contributed by atoms with Gasteiger partial charge < -0.3 is 10.1 Å². The zero-order valence-electron chi connectivity index (χ0n) is 18.6. The Morgan fingerprint density at radius 2 is 1.75 bits per heavy atom. The average Bonchev–Trinajstić information content (AvgIpc) is 2.82. The van der Waals surface area contributed by atoms with Crippen molar-refractivity contribution in [2.75, 3.05) is 39.4 Å². The Morgan fingerprint density at radius 3 is 2.44 bits per heavy atom. The summed E-state index contributed by atoms with van der Waals surface area (Å²) >= 11 is 0. The fraction of sp³-hybridized carbons (Fsp3) is 0.458. The molecule has 8 heteroatoms. The smallest absolute Gasteiger partial charge is 0.241 e. The average molecular weight is 460 g/mol. The molecule has 1 heterocycles. The monoisotopic (exact) mass is 459 g/mol. The molecule has 1 atom stereocenters. The standard InChI is InChI=1S/C24H33N3O4S/c1-20(22-6-3-2-4-7-22)26-32(29,30)23-11-8-21(9-12-23)10-13-24(28)25-14-5-15-27-16-18-31-19-17-27/h2-4,6-9,11-12,20,26H,5,10,13-19H2,1H3,(H,25,28)/t20-/m0/s1. The van der Waals surface area contributed by atoms with Gasteiger partial charge in [0.25, 0.3) is 0 Å². The lowest BCUT2D eigenvalue weighted by molar-refractivity contribution is -0.121. The van der Waals surface area contributed by atoms with Gasteiger partial charge in [0.15, 0.2) is 0 Å². The van der Waals surface area contributed by atoms with Crippen molar-refractivity contribution in [1.82, 2.24) is 14.9 Å². The first-order valence-electron chi connectivity index (χ1n) is 11.2. The van der Waals surface area contributed by atoms with E-state index in [1.807, 2.05) is 37.3 Å². The van der Waals surface area contributed by atoms with Crippen molar-refractivity contribution in [1.29, 1.82) is 0 Å². The molecule has 3 rings (SSSR count). The van der Waals surface area contributed by atoms with E-state index in [9.17, 15) is 13.2 Å². The molecular weight excluding hydrogens is 426 g/mol. The molecule has 174 valence electrons. The van der Waals surface area contributed by atoms with Gasteiger partial charge in [-0.25, -0.2) is 13.1 Å². The SMILES string of the molecule is C[C@H](NS(=O)(=O)c1ccc(CCC(=O)NCCCN2CCOCC2)cc1)c1ccccc1. The number of aryl methyl sites for hydroxylation is 1. The highest BCUT2D eigenvalue weighted by molar-refractivity contribution is 7.89. The van der Waals surface area contributed by atoms with Crippen LogP contribution in [-0.2, 0) is 26.0 Å². The summed E-state index contributed by atoms with van der Waals surface area (Å²) in [6, 6.07) is 15.9. The molecule has 1 aliphatic heterocycles. The van der Waals surface area contributed by atoms with Crippen LogP contribution in [0, 0.1) is 0 Å². The van der Waals surface area contributed by atoms with Gasteiger partial charge in [-0.05, 0) is 49.6 Å². The van der Waals surface area contributed by atoms with E-state index >= 15 is 0 Å². The molecule has 0 bridgehead atoms. The predicted molar refractivity (Wildman–Crippen MR) is 125 cm³/mol. The van der Waals surface area contributed by atoms with E-state index in [1.165, 1.54) is 0 Å². The highest BCUT2D eigenvalue weighted by Crippen LogP contribution is 2.17. The number of hydrogen-bond donors (Lipinski definition) is 2. The lowest BCUT2D eigenvalue weighted by Crippen LogP contribution is -2.38. The zero-order chi connectivity index (χ0) is 22.8. The van der Waals surface area contributed by atoms with Crippen LogP contribution in [0.1, 0.15) is 36.9 Å². The maximum atomic E-state index is 12.7. The third-order valence-electron chi connectivity index (χ3n) is 5.58. The van der Waals surface area contributed by atoms with Crippen LogP contribution in [0.3, 0.4) is 0 Å². The number of carbonyl (C=O) groups is 1. The van der Waals surface area contributed by atoms with Crippen LogP contribution in [0.15, 0.2) is 59.5 Å². The Kier molecular flexibility index (Phi) is 9.23. The second kappa shape index (κ2) is 12.1. The van der Waals surface area contributed by atoms with Crippen LogP contribution >= 0.6 is 0 Å². The second-order valence-electron chi connectivity index (χ2n) is 8.06. The van der Waals surface area contributed by atoms with Crippen molar-refractivity contribution in [2.45, 2.75) is 37.1 Å². The van der Waals surface area contributed by atoms with Crippen LogP contribution in [0.2, 0.25) is 0 Å². The first kappa shape index (κ1) is 24.4. The summed E-state index contributed by atoms with van der Waals surface area (Å²) in [6.07, 6.45) is 1.88. The number of carbonyl (C=O) groups excluding carboxylic acids is 1. The summed E-state index contributed by atoms with van der Waals surface area (Å²) in [5.41, 5.74) is 1.84. The third-order valence-corrected chi connectivity index (χ3v) is 7.14. The minimum absolute atomic E-state index is 0.0158. The molecule has 0 aromatic heterocycles. The molecule has 0 spiro atoms. The number of morpholine rings is 1. The lowest BCUT2D eigenvalue weighted by atomic mass is 10.1. The quantitative estimate of drug-likeness (QED) is 0.504. The molecule has 0 unspecified atom stereocenters. The van der Waals surface area contributed by atoms with Gasteiger partial charge in [0.1, 0.15) is 0 Å². The van der Waals surface area contributed by atoms with Crippen molar-refractivity contribution < 1.29 is 17.9 Å². The maximum Gasteiger partial charge on any atom is 0.241 e. The summed E-state index contributed by atoms with van der Waals surface area (Å²) in [5.74, 6) is 0.0158. The van der Waals surface area contributed by atoms with Gasteiger partial charge >= 0.3 is 0 Å². The molecule has 2 aromatic carbocycles. The van der Waals surface area contributed by atoms with Crippen LogP contribution < -0.4 is 10.0 Å². The largest absolute Gasteiger partial charge is 0.379 e. The summed E-state index contributed by atoms with van der Waals surface area (Å²) in [4.78, 5) is 14.7. The zero-order valence-corrected chi connectivity index (χ0v) is 19.4. The molecule has 2 N–H and O–H groups in total. The summed E-state index contributed by atoms with van der Waals surface area (Å²) < 4.78 is 33.4. The van der Waals surface area contributed by atoms with Crippen LogP contribution in [0.5, 0.6) is 0 Å². The van der Waals surface area contributed by atoms with Gasteiger partial charge in [0, 0.05) is 32.1 Å². The van der Waals surface area contributed by atoms with Crippen molar-refractivity contribution >= 4 is 15.9 Å². The molecule has 2 aromatic rings. The number of benzene rings is 2. The van der Waals surface area contributed by atoms with Gasteiger partial charge in [-0.3, -0.25) is 9.69 Å². The third kappa shape index (κ3) is 7.70. The Hall–Kier alpha value is -2.26. The van der Waals surface area contributed by atoms with E-state index in [0.29, 0.717) is 19.4 Å². The van der Waals surface area contributed by atoms with Gasteiger partial charge in [0.05, 0.1) is 18.1 Å². The molecule has 7 nitrogen and oxygen atoms in total. The summed E-state index contributed by atoms with van der Waals surface area (Å²) in [7, 11) is -3.62. The minimum Gasteiger partial charge on any atom is -0.379 e. The first-order valence-corrected chi connectivity index (χ1v) is 12.7. The Labute approximate surface area is 191 Å². The predicted octanol–water partition coefficient (Wildman–Crippen LogP) is 2.50. The molecule has 1 fully saturated rings. The topological polar surface area (TPSA) is 87.7 Å². The molecule has 0 radical (unpaired) electrons. The minimum atomic E-state index is -3.62. The number of sulfonamides is 1. The molecule has 1 saturated heterocycles. The number of ether oxygens (including phenoxy) is 1. The number of nitrogens with one attached hydrogen (secondary N) is 2. The van der Waals surface area contributed by atoms with E-state index in [4.69, 9.17) is 4.74 Å². The van der Waals surface area contributed by atoms with Crippen LogP contribution in [0.4, 0.5) is 0 Å². The lowest BCUT2D eigenvalue weighted by Gasteiger charge is -2.26. The Bertz CT molecular complexity index is 943. The van der Waals surface area contributed by atoms with E-state index in [-0.39, 0.29) is 16.8 Å². The van der Waals surface area contributed by atoms with Crippen LogP contribution in [0.25, 0.3) is 0 Å². The Morgan fingerprint density at radius 1 is 1.06 bits per heavy atom. The van der Waals surface area contributed by atoms with E-state index < -0.39 is 10.0 Å². The van der Waals surface area contributed by atoms with Crippen molar-refractivity contribution in [3.63, 3.8) is 0 Å². The molecule has 0 saturated carbocycles. The molecule has 1 amide bonds. The number of hydrogen-bond acceptors (Lipinski definition) is 5. The fourth-order valence-electron chi connectivity index (χ4n) is 3.65. The van der Waals surface area contributed by atoms with Gasteiger partial charge in [-0.15, -0.1) is 0 Å². The number of rotatable bonds is 11. The van der Waals surface area contributed by atoms with Crippen molar-refractivity contribution in [3.8, 4) is 0 Å². The summed E-state index contributed by atoms with van der Waals surface area (Å²) in [5, 5.41) is 2.96. The normalized spacial score (nSPS) is 15.9. The maximum absolute atomic E-state index is 12.7. The van der Waals surface area contributed by atoms with Gasteiger partial charge in [0.2, 0.25) is 15.9 Å². The number of nitrogens with zero attached hydrogens (tertiary/aromatic N) is 1. The van der Waals surface area contributed by atoms with E-state index in [2.05, 4.69) is 14.9 Å². The molecule has 1 aliphatic rings. The van der Waals surface area contributed by atoms with Crippen LogP contribution in [-0.4, -0.2) is 58.6 Å². The Balaban J connectivity index is 1.40. The van der Waals surface area contributed by atoms with E-state index in [0.717, 1.165) is 50.4 Å². The molecule has 0 aliphatic carbocycles. The van der Waals surface area contributed by atoms with E-state index in [1.54, 1.807) is 24.3 Å². The van der Waals surface area contributed by atoms with Gasteiger partial charge in [-0.1, -0.05) is 42.5 Å². The number of amides is 1. The first-order chi connectivity index (χ1) is 15.4. The van der Waals surface area contributed by atoms with Gasteiger partial charge in [-0.2, -0.15) is 0 Å². The highest BCUT2D eigenvalue weighted by Gasteiger charge is 2.18. The van der Waals surface area contributed by atoms with Crippen molar-refractivity contribution in [3.05, 3.63) is 65.7 Å². The second-order valence-corrected chi connectivity index (χ2v) is 9.77. The van der Waals surface area contributed by atoms with Crippen molar-refractivity contribution in [2.24, 2.45) is 0 Å².